The van der Waals surface area contributed by atoms with Crippen LogP contribution in [0.3, 0.4) is 0 Å². The second-order valence-corrected chi connectivity index (χ2v) is 8.16. The fourth-order valence-electron chi connectivity index (χ4n) is 5.16. The maximum atomic E-state index is 2.62. The maximum Gasteiger partial charge on any atom is -0.0267 e. The highest BCUT2D eigenvalue weighted by Gasteiger charge is 2.53. The van der Waals surface area contributed by atoms with Crippen molar-refractivity contribution in [1.82, 2.24) is 0 Å². The molecule has 0 aliphatic heterocycles. The van der Waals surface area contributed by atoms with E-state index in [9.17, 15) is 0 Å². The summed E-state index contributed by atoms with van der Waals surface area (Å²) in [6, 6.07) is 0. The van der Waals surface area contributed by atoms with E-state index in [-0.39, 0.29) is 0 Å². The highest BCUT2D eigenvalue weighted by molar-refractivity contribution is 5.03. The van der Waals surface area contributed by atoms with E-state index in [1.165, 1.54) is 51.4 Å². The summed E-state index contributed by atoms with van der Waals surface area (Å²) in [5.41, 5.74) is 1.30. The summed E-state index contributed by atoms with van der Waals surface area (Å²) in [4.78, 5) is 0. The summed E-state index contributed by atoms with van der Waals surface area (Å²) >= 11 is 0. The van der Waals surface area contributed by atoms with E-state index in [2.05, 4.69) is 34.6 Å². The smallest absolute Gasteiger partial charge is 0.0267 e. The predicted octanol–water partition coefficient (Wildman–Crippen LogP) is 6.06. The van der Waals surface area contributed by atoms with Crippen LogP contribution in [0.5, 0.6) is 0 Å². The molecule has 2 fully saturated rings. The monoisotopic (exact) mass is 250 g/mol. The first-order chi connectivity index (χ1) is 8.42. The Kier molecular flexibility index (Phi) is 4.14. The Labute approximate surface area is 115 Å². The Morgan fingerprint density at radius 2 is 1.83 bits per heavy atom. The second kappa shape index (κ2) is 5.17. The van der Waals surface area contributed by atoms with Gasteiger partial charge in [0.25, 0.3) is 0 Å². The standard InChI is InChI=1S/C18H34/c1-6-8-15-9-7-11-17(4)12-10-16(17)18(5,13-15)14(2)3/h14-16H,6-13H2,1-5H3. The molecule has 106 valence electrons. The van der Waals surface area contributed by atoms with Gasteiger partial charge in [0.15, 0.2) is 0 Å². The molecule has 0 aromatic carbocycles. The van der Waals surface area contributed by atoms with Crippen LogP contribution in [0.15, 0.2) is 0 Å². The molecule has 0 amide bonds. The molecule has 0 saturated heterocycles. The van der Waals surface area contributed by atoms with Crippen molar-refractivity contribution in [2.75, 3.05) is 0 Å². The molecule has 2 saturated carbocycles. The van der Waals surface area contributed by atoms with Gasteiger partial charge < -0.3 is 0 Å². The molecular formula is C18H34. The van der Waals surface area contributed by atoms with Crippen LogP contribution in [-0.2, 0) is 0 Å². The summed E-state index contributed by atoms with van der Waals surface area (Å²) in [6.45, 7) is 12.5. The normalized spacial score (nSPS) is 45.0. The first-order valence-corrected chi connectivity index (χ1v) is 8.42. The lowest BCUT2D eigenvalue weighted by Gasteiger charge is -2.60. The van der Waals surface area contributed by atoms with Gasteiger partial charge in [-0.1, -0.05) is 60.3 Å². The van der Waals surface area contributed by atoms with Crippen LogP contribution in [0, 0.1) is 28.6 Å². The molecule has 2 rings (SSSR count). The van der Waals surface area contributed by atoms with Crippen LogP contribution >= 0.6 is 0 Å². The summed E-state index contributed by atoms with van der Waals surface area (Å²) in [5, 5.41) is 0. The number of hydrogen-bond acceptors (Lipinski definition) is 0. The molecule has 2 aliphatic carbocycles. The van der Waals surface area contributed by atoms with Crippen LogP contribution in [0.25, 0.3) is 0 Å². The lowest BCUT2D eigenvalue weighted by atomic mass is 9.45. The summed E-state index contributed by atoms with van der Waals surface area (Å²) in [5.74, 6) is 2.86. The molecule has 4 atom stereocenters. The first-order valence-electron chi connectivity index (χ1n) is 8.42. The predicted molar refractivity (Wildman–Crippen MR) is 80.6 cm³/mol. The van der Waals surface area contributed by atoms with Crippen molar-refractivity contribution in [2.45, 2.75) is 86.0 Å². The summed E-state index contributed by atoms with van der Waals surface area (Å²) < 4.78 is 0. The average Bonchev–Trinajstić information content (AvgIpc) is 2.26. The molecule has 0 nitrogen and oxygen atoms in total. The average molecular weight is 250 g/mol. The van der Waals surface area contributed by atoms with Crippen molar-refractivity contribution >= 4 is 0 Å². The first kappa shape index (κ1) is 14.4. The largest absolute Gasteiger partial charge is 0.0654 e. The molecule has 18 heavy (non-hydrogen) atoms. The van der Waals surface area contributed by atoms with Gasteiger partial charge in [-0.25, -0.2) is 0 Å². The van der Waals surface area contributed by atoms with E-state index in [1.807, 2.05) is 0 Å². The van der Waals surface area contributed by atoms with Crippen molar-refractivity contribution in [1.29, 1.82) is 0 Å². The van der Waals surface area contributed by atoms with Crippen molar-refractivity contribution in [3.8, 4) is 0 Å². The molecule has 4 unspecified atom stereocenters. The minimum atomic E-state index is 0.604. The van der Waals surface area contributed by atoms with Crippen LogP contribution in [0.1, 0.15) is 86.0 Å². The second-order valence-electron chi connectivity index (χ2n) is 8.16. The van der Waals surface area contributed by atoms with Gasteiger partial charge in [0.05, 0.1) is 0 Å². The number of fused-ring (bicyclic) bond motifs is 1. The number of hydrogen-bond donors (Lipinski definition) is 0. The summed E-state index contributed by atoms with van der Waals surface area (Å²) in [6.07, 6.45) is 11.8. The van der Waals surface area contributed by atoms with Crippen LogP contribution in [0.2, 0.25) is 0 Å². The third-order valence-electron chi connectivity index (χ3n) is 6.75. The van der Waals surface area contributed by atoms with Crippen molar-refractivity contribution < 1.29 is 0 Å². The highest BCUT2D eigenvalue weighted by atomic mass is 14.6. The van der Waals surface area contributed by atoms with E-state index in [1.54, 1.807) is 0 Å². The molecule has 0 radical (unpaired) electrons. The van der Waals surface area contributed by atoms with Gasteiger partial charge in [-0.2, -0.15) is 0 Å². The van der Waals surface area contributed by atoms with Gasteiger partial charge in [0, 0.05) is 0 Å². The van der Waals surface area contributed by atoms with Gasteiger partial charge in [-0.15, -0.1) is 0 Å². The number of rotatable bonds is 3. The Hall–Kier alpha value is 0. The Bertz CT molecular complexity index is 280. The van der Waals surface area contributed by atoms with Crippen LogP contribution in [0.4, 0.5) is 0 Å². The van der Waals surface area contributed by atoms with Crippen LogP contribution < -0.4 is 0 Å². The fraction of sp³-hybridized carbons (Fsp3) is 1.00. The van der Waals surface area contributed by atoms with Gasteiger partial charge in [0.1, 0.15) is 0 Å². The molecular weight excluding hydrogens is 216 g/mol. The quantitative estimate of drug-likeness (QED) is 0.571. The summed E-state index contributed by atoms with van der Waals surface area (Å²) in [7, 11) is 0. The zero-order valence-corrected chi connectivity index (χ0v) is 13.4. The molecule has 0 aromatic rings. The van der Waals surface area contributed by atoms with Gasteiger partial charge in [-0.3, -0.25) is 0 Å². The van der Waals surface area contributed by atoms with E-state index >= 15 is 0 Å². The fourth-order valence-corrected chi connectivity index (χ4v) is 5.16. The van der Waals surface area contributed by atoms with E-state index in [0.717, 1.165) is 17.8 Å². The Balaban J connectivity index is 2.19. The zero-order valence-electron chi connectivity index (χ0n) is 13.4. The molecule has 2 aliphatic rings. The molecule has 0 N–H and O–H groups in total. The zero-order chi connectivity index (χ0) is 13.4. The minimum absolute atomic E-state index is 0.604. The van der Waals surface area contributed by atoms with Gasteiger partial charge >= 0.3 is 0 Å². The third-order valence-corrected chi connectivity index (χ3v) is 6.75. The van der Waals surface area contributed by atoms with Crippen molar-refractivity contribution in [3.05, 3.63) is 0 Å². The molecule has 0 heterocycles. The maximum absolute atomic E-state index is 2.62. The van der Waals surface area contributed by atoms with E-state index in [0.29, 0.717) is 10.8 Å². The van der Waals surface area contributed by atoms with Gasteiger partial charge in [0.2, 0.25) is 0 Å². The third kappa shape index (κ3) is 2.37. The van der Waals surface area contributed by atoms with Crippen molar-refractivity contribution in [3.63, 3.8) is 0 Å². The molecule has 0 heteroatoms. The molecule has 0 spiro atoms. The minimum Gasteiger partial charge on any atom is -0.0654 e. The highest BCUT2D eigenvalue weighted by Crippen LogP contribution is 2.63. The lowest BCUT2D eigenvalue weighted by Crippen LogP contribution is -2.51. The SMILES string of the molecule is CCCC1CCCC2(C)CCC2C(C)(C(C)C)C1. The molecule has 0 bridgehead atoms. The molecule has 0 aromatic heterocycles. The van der Waals surface area contributed by atoms with E-state index in [4.69, 9.17) is 0 Å². The van der Waals surface area contributed by atoms with Crippen molar-refractivity contribution in [2.24, 2.45) is 28.6 Å². The van der Waals surface area contributed by atoms with Crippen LogP contribution in [-0.4, -0.2) is 0 Å². The Morgan fingerprint density at radius 3 is 2.33 bits per heavy atom. The van der Waals surface area contributed by atoms with E-state index < -0.39 is 0 Å². The van der Waals surface area contributed by atoms with Gasteiger partial charge in [-0.05, 0) is 54.3 Å². The topological polar surface area (TPSA) is 0 Å². The Morgan fingerprint density at radius 1 is 1.11 bits per heavy atom. The lowest BCUT2D eigenvalue weighted by molar-refractivity contribution is -0.101.